The van der Waals surface area contributed by atoms with Gasteiger partial charge in [0.25, 0.3) is 12.3 Å². The SMILES string of the molecule is CCCN(C[C@@H](C)O)c1ccn2ncc(C(=O)Nc3cn(C4CCC(CN5CCC(n6cc(-c7c(F)ccc8c7cnn8[C@@H]7CC[C@@H](O)N[C@@H]7O)cn6)CC5)CC4)nc3C(F)F)c2n1. The predicted octanol–water partition coefficient (Wildman–Crippen LogP) is 5.69. The Labute approximate surface area is 367 Å². The maximum Gasteiger partial charge on any atom is 0.284 e. The number of carbonyl (C=O) groups excluding carboxylic acids is 1. The van der Waals surface area contributed by atoms with Crippen molar-refractivity contribution in [2.75, 3.05) is 42.9 Å². The maximum atomic E-state index is 15.5. The normalized spacial score (nSPS) is 23.0. The van der Waals surface area contributed by atoms with E-state index in [2.05, 4.69) is 40.9 Å². The number of carbonyl (C=O) groups is 1. The van der Waals surface area contributed by atoms with Gasteiger partial charge in [-0.3, -0.25) is 24.2 Å². The van der Waals surface area contributed by atoms with Crippen LogP contribution in [0.1, 0.15) is 112 Å². The maximum absolute atomic E-state index is 15.5. The summed E-state index contributed by atoms with van der Waals surface area (Å²) in [5, 5.41) is 54.3. The second-order valence-corrected chi connectivity index (χ2v) is 17.7. The number of nitrogens with zero attached hydrogens (tertiary/aromatic N) is 11. The van der Waals surface area contributed by atoms with Crippen molar-refractivity contribution in [2.24, 2.45) is 5.92 Å². The van der Waals surface area contributed by atoms with Gasteiger partial charge in [0, 0.05) is 67.8 Å². The van der Waals surface area contributed by atoms with Crippen LogP contribution in [0, 0.1) is 11.7 Å². The quantitative estimate of drug-likeness (QED) is 0.0899. The van der Waals surface area contributed by atoms with Gasteiger partial charge in [-0.15, -0.1) is 0 Å². The lowest BCUT2D eigenvalue weighted by molar-refractivity contribution is -0.0296. The molecule has 0 unspecified atom stereocenters. The first-order valence-electron chi connectivity index (χ1n) is 22.4. The van der Waals surface area contributed by atoms with E-state index in [9.17, 15) is 28.9 Å². The first-order valence-corrected chi connectivity index (χ1v) is 22.4. The van der Waals surface area contributed by atoms with E-state index in [-0.39, 0.29) is 34.8 Å². The van der Waals surface area contributed by atoms with Crippen LogP contribution in [0.4, 0.5) is 24.7 Å². The van der Waals surface area contributed by atoms with E-state index in [1.165, 1.54) is 23.0 Å². The van der Waals surface area contributed by atoms with Gasteiger partial charge < -0.3 is 30.4 Å². The van der Waals surface area contributed by atoms with Gasteiger partial charge in [0.05, 0.1) is 54.0 Å². The zero-order chi connectivity index (χ0) is 44.6. The molecule has 0 bridgehead atoms. The molecule has 0 radical (unpaired) electrons. The third-order valence-corrected chi connectivity index (χ3v) is 13.2. The van der Waals surface area contributed by atoms with E-state index in [0.29, 0.717) is 59.7 Å². The minimum atomic E-state index is -2.89. The number of likely N-dealkylation sites (tertiary alicyclic amines) is 1. The van der Waals surface area contributed by atoms with Crippen LogP contribution in [-0.2, 0) is 0 Å². The third-order valence-electron chi connectivity index (χ3n) is 13.2. The van der Waals surface area contributed by atoms with E-state index in [1.54, 1.807) is 47.0 Å². The Morgan fingerprint density at radius 2 is 1.73 bits per heavy atom. The molecule has 342 valence electrons. The fourth-order valence-electron chi connectivity index (χ4n) is 9.90. The number of amides is 1. The molecule has 64 heavy (non-hydrogen) atoms. The molecule has 2 saturated heterocycles. The number of fused-ring (bicyclic) bond motifs is 2. The highest BCUT2D eigenvalue weighted by atomic mass is 19.3. The molecular weight excluding hydrogens is 832 g/mol. The van der Waals surface area contributed by atoms with E-state index < -0.39 is 42.6 Å². The Morgan fingerprint density at radius 1 is 0.953 bits per heavy atom. The monoisotopic (exact) mass is 887 g/mol. The van der Waals surface area contributed by atoms with Crippen molar-refractivity contribution in [2.45, 2.75) is 115 Å². The summed E-state index contributed by atoms with van der Waals surface area (Å²) < 4.78 is 50.8. The molecule has 1 aromatic carbocycles. The topological polar surface area (TPSA) is 192 Å². The van der Waals surface area contributed by atoms with Gasteiger partial charge in [0.1, 0.15) is 29.7 Å². The van der Waals surface area contributed by atoms with Crippen LogP contribution in [0.25, 0.3) is 27.7 Å². The van der Waals surface area contributed by atoms with Gasteiger partial charge in [-0.1, -0.05) is 6.92 Å². The fraction of sp³-hybridized carbons (Fsp3) is 0.545. The number of halogens is 3. The molecule has 9 rings (SSSR count). The molecule has 17 nitrogen and oxygen atoms in total. The molecule has 7 heterocycles. The van der Waals surface area contributed by atoms with Crippen LogP contribution in [0.15, 0.2) is 55.4 Å². The number of piperidine rings is 2. The van der Waals surface area contributed by atoms with Crippen LogP contribution in [0.2, 0.25) is 0 Å². The lowest BCUT2D eigenvalue weighted by atomic mass is 9.85. The fourth-order valence-corrected chi connectivity index (χ4v) is 9.90. The standard InChI is InChI=1S/C44H56F3N13O4/c1-3-15-56(22-26(2)61)37-14-18-57-42(52-37)32(21-49-57)43(63)51-34-25-59(54-40(34)41(46)47)29-6-4-27(5-7-29)23-55-16-12-30(13-17-55)58-24-28(19-48-58)39-31-20-50-60(35(31)9-8-33(39)45)36-10-11-38(62)53-44(36)64/h8-9,14,18-21,24-27,29-30,36,38,41,44,53,61-62,64H,3-7,10-13,15-17,22-23H2,1-2H3,(H,51,63)/t26-,27?,29?,36-,38-,44-/m1/s1. The first-order chi connectivity index (χ1) is 30.9. The van der Waals surface area contributed by atoms with Gasteiger partial charge >= 0.3 is 0 Å². The van der Waals surface area contributed by atoms with E-state index >= 15 is 4.39 Å². The van der Waals surface area contributed by atoms with Crippen molar-refractivity contribution in [3.8, 4) is 11.1 Å². The number of nitrogens with one attached hydrogen (secondary N) is 2. The summed E-state index contributed by atoms with van der Waals surface area (Å²) in [4.78, 5) is 22.6. The molecule has 1 saturated carbocycles. The van der Waals surface area contributed by atoms with Gasteiger partial charge in [-0.25, -0.2) is 22.7 Å². The molecule has 0 spiro atoms. The minimum absolute atomic E-state index is 0.0415. The summed E-state index contributed by atoms with van der Waals surface area (Å²) in [5.41, 5.74) is 1.66. The summed E-state index contributed by atoms with van der Waals surface area (Å²) in [6.07, 6.45) is 11.6. The predicted molar refractivity (Wildman–Crippen MR) is 232 cm³/mol. The molecule has 3 aliphatic rings. The molecule has 3 fully saturated rings. The summed E-state index contributed by atoms with van der Waals surface area (Å²) in [7, 11) is 0. The van der Waals surface area contributed by atoms with Crippen molar-refractivity contribution < 1.29 is 33.3 Å². The summed E-state index contributed by atoms with van der Waals surface area (Å²) >= 11 is 0. The van der Waals surface area contributed by atoms with Gasteiger partial charge in [-0.05, 0) is 88.8 Å². The number of benzene rings is 1. The lowest BCUT2D eigenvalue weighted by Crippen LogP contribution is -2.48. The number of alkyl halides is 2. The third kappa shape index (κ3) is 8.97. The summed E-state index contributed by atoms with van der Waals surface area (Å²) in [5.74, 6) is 0.0333. The van der Waals surface area contributed by atoms with Gasteiger partial charge in [-0.2, -0.15) is 20.4 Å². The van der Waals surface area contributed by atoms with Crippen LogP contribution in [0.5, 0.6) is 0 Å². The Bertz CT molecular complexity index is 2560. The minimum Gasteiger partial charge on any atom is -0.392 e. The largest absolute Gasteiger partial charge is 0.392 e. The number of aliphatic hydroxyl groups is 3. The van der Waals surface area contributed by atoms with E-state index in [0.717, 1.165) is 64.6 Å². The molecular formula is C44H56F3N13O4. The number of hydrogen-bond acceptors (Lipinski definition) is 12. The zero-order valence-corrected chi connectivity index (χ0v) is 36.0. The molecule has 1 aliphatic carbocycles. The summed E-state index contributed by atoms with van der Waals surface area (Å²) in [6, 6.07) is 4.55. The van der Waals surface area contributed by atoms with E-state index in [4.69, 9.17) is 0 Å². The van der Waals surface area contributed by atoms with Crippen molar-refractivity contribution in [3.63, 3.8) is 0 Å². The zero-order valence-electron chi connectivity index (χ0n) is 36.0. The second-order valence-electron chi connectivity index (χ2n) is 17.7. The molecule has 1 amide bonds. The van der Waals surface area contributed by atoms with Crippen LogP contribution in [-0.4, -0.2) is 121 Å². The molecule has 5 aromatic heterocycles. The molecule has 20 heteroatoms. The number of rotatable bonds is 14. The Hall–Kier alpha value is -5.41. The average molecular weight is 888 g/mol. The lowest BCUT2D eigenvalue weighted by Gasteiger charge is -2.36. The number of anilines is 2. The Morgan fingerprint density at radius 3 is 2.47 bits per heavy atom. The Kier molecular flexibility index (Phi) is 12.7. The van der Waals surface area contributed by atoms with Gasteiger partial charge in [0.15, 0.2) is 11.3 Å². The number of hydrogen-bond donors (Lipinski definition) is 5. The first kappa shape index (κ1) is 43.8. The van der Waals surface area contributed by atoms with Crippen LogP contribution in [0.3, 0.4) is 0 Å². The van der Waals surface area contributed by atoms with Crippen molar-refractivity contribution in [1.82, 2.24) is 54.2 Å². The number of aromatic nitrogens is 9. The molecule has 2 aliphatic heterocycles. The van der Waals surface area contributed by atoms with Crippen LogP contribution >= 0.6 is 0 Å². The van der Waals surface area contributed by atoms with Crippen molar-refractivity contribution in [3.05, 3.63) is 72.5 Å². The summed E-state index contributed by atoms with van der Waals surface area (Å²) in [6.45, 7) is 7.46. The van der Waals surface area contributed by atoms with Gasteiger partial charge in [0.2, 0.25) is 0 Å². The smallest absolute Gasteiger partial charge is 0.284 e. The highest BCUT2D eigenvalue weighted by Crippen LogP contribution is 2.38. The average Bonchev–Trinajstić information content (AvgIpc) is 4.10. The van der Waals surface area contributed by atoms with Crippen molar-refractivity contribution in [1.29, 1.82) is 0 Å². The molecule has 5 N–H and O–H groups in total. The Balaban J connectivity index is 0.790. The highest BCUT2D eigenvalue weighted by Gasteiger charge is 2.32. The molecule has 6 aromatic rings. The highest BCUT2D eigenvalue weighted by molar-refractivity contribution is 6.08. The number of aliphatic hydroxyl groups excluding tert-OH is 3. The van der Waals surface area contributed by atoms with E-state index in [1.807, 2.05) is 22.7 Å². The molecule has 4 atom stereocenters. The van der Waals surface area contributed by atoms with Crippen LogP contribution < -0.4 is 15.5 Å². The van der Waals surface area contributed by atoms with Crippen molar-refractivity contribution >= 4 is 34.0 Å². The second kappa shape index (κ2) is 18.6.